The van der Waals surface area contributed by atoms with Gasteiger partial charge in [-0.1, -0.05) is 36.4 Å². The van der Waals surface area contributed by atoms with Gasteiger partial charge in [-0.25, -0.2) is 9.37 Å². The number of aryl methyl sites for hydroxylation is 2. The first-order valence-electron chi connectivity index (χ1n) is 8.88. The first-order valence-corrected chi connectivity index (χ1v) is 8.88. The average Bonchev–Trinajstić information content (AvgIpc) is 3.33. The van der Waals surface area contributed by atoms with Crippen molar-refractivity contribution >= 4 is 0 Å². The number of rotatable bonds is 5. The van der Waals surface area contributed by atoms with Crippen molar-refractivity contribution in [2.75, 3.05) is 6.54 Å². The van der Waals surface area contributed by atoms with Crippen molar-refractivity contribution in [1.82, 2.24) is 14.9 Å². The summed E-state index contributed by atoms with van der Waals surface area (Å²) in [6.07, 6.45) is 7.10. The molecule has 1 aliphatic rings. The molecule has 0 bridgehead atoms. The van der Waals surface area contributed by atoms with Crippen LogP contribution in [-0.4, -0.2) is 16.1 Å². The Balaban J connectivity index is 1.47. The largest absolute Gasteiger partial charge is 0.330 e. The minimum absolute atomic E-state index is 0.191. The summed E-state index contributed by atoms with van der Waals surface area (Å²) >= 11 is 0. The summed E-state index contributed by atoms with van der Waals surface area (Å²) < 4.78 is 15.2. The fourth-order valence-electron chi connectivity index (χ4n) is 3.50. The van der Waals surface area contributed by atoms with Crippen LogP contribution in [0.4, 0.5) is 4.39 Å². The summed E-state index contributed by atoms with van der Waals surface area (Å²) in [4.78, 5) is 4.32. The average molecular weight is 335 g/mol. The van der Waals surface area contributed by atoms with E-state index in [1.807, 2.05) is 24.7 Å². The standard InChI is InChI=1S/C21H22FN3/c22-19-9-3-16(4-10-19)11-13-25-15-23-14-21(25)18-7-5-17(6-8-18)20-2-1-12-24-20/h3-10,14-15,20,24H,1-2,11-13H2/t20-/m1/s1. The molecule has 1 aliphatic heterocycles. The number of nitrogens with one attached hydrogen (secondary N) is 1. The maximum Gasteiger partial charge on any atom is 0.123 e. The van der Waals surface area contributed by atoms with Crippen LogP contribution in [0, 0.1) is 5.82 Å². The van der Waals surface area contributed by atoms with Crippen LogP contribution in [0.3, 0.4) is 0 Å². The van der Waals surface area contributed by atoms with E-state index in [4.69, 9.17) is 0 Å². The highest BCUT2D eigenvalue weighted by Crippen LogP contribution is 2.26. The maximum atomic E-state index is 13.0. The lowest BCUT2D eigenvalue weighted by molar-refractivity contribution is 0.625. The highest BCUT2D eigenvalue weighted by atomic mass is 19.1. The fraction of sp³-hybridized carbons (Fsp3) is 0.286. The van der Waals surface area contributed by atoms with Gasteiger partial charge in [0, 0.05) is 12.6 Å². The summed E-state index contributed by atoms with van der Waals surface area (Å²) in [5.74, 6) is -0.191. The van der Waals surface area contributed by atoms with Crippen LogP contribution < -0.4 is 5.32 Å². The summed E-state index contributed by atoms with van der Waals surface area (Å²) in [6.45, 7) is 1.94. The third-order valence-electron chi connectivity index (χ3n) is 4.94. The Hall–Kier alpha value is -2.46. The number of nitrogens with zero attached hydrogens (tertiary/aromatic N) is 2. The molecule has 0 unspecified atom stereocenters. The molecule has 2 heterocycles. The molecule has 3 aromatic rings. The zero-order valence-electron chi connectivity index (χ0n) is 14.2. The third-order valence-corrected chi connectivity index (χ3v) is 4.94. The van der Waals surface area contributed by atoms with E-state index in [9.17, 15) is 4.39 Å². The fourth-order valence-corrected chi connectivity index (χ4v) is 3.50. The van der Waals surface area contributed by atoms with Crippen molar-refractivity contribution in [1.29, 1.82) is 0 Å². The Bertz CT molecular complexity index is 815. The van der Waals surface area contributed by atoms with Crippen molar-refractivity contribution in [3.63, 3.8) is 0 Å². The van der Waals surface area contributed by atoms with Gasteiger partial charge in [0.05, 0.1) is 18.2 Å². The Morgan fingerprint density at radius 3 is 2.60 bits per heavy atom. The highest BCUT2D eigenvalue weighted by molar-refractivity contribution is 5.59. The van der Waals surface area contributed by atoms with Gasteiger partial charge in [0.1, 0.15) is 5.82 Å². The number of hydrogen-bond acceptors (Lipinski definition) is 2. The SMILES string of the molecule is Fc1ccc(CCn2cncc2-c2ccc([C@H]3CCCN3)cc2)cc1. The lowest BCUT2D eigenvalue weighted by atomic mass is 10.0. The van der Waals surface area contributed by atoms with Gasteiger partial charge in [0.2, 0.25) is 0 Å². The van der Waals surface area contributed by atoms with Gasteiger partial charge < -0.3 is 9.88 Å². The topological polar surface area (TPSA) is 29.9 Å². The monoisotopic (exact) mass is 335 g/mol. The molecule has 1 aromatic heterocycles. The van der Waals surface area contributed by atoms with E-state index >= 15 is 0 Å². The Labute approximate surface area is 147 Å². The Kier molecular flexibility index (Phi) is 4.61. The molecular weight excluding hydrogens is 313 g/mol. The van der Waals surface area contributed by atoms with Crippen LogP contribution in [0.2, 0.25) is 0 Å². The molecule has 25 heavy (non-hydrogen) atoms. The summed E-state index contributed by atoms with van der Waals surface area (Å²) in [7, 11) is 0. The third kappa shape index (κ3) is 3.64. The summed E-state index contributed by atoms with van der Waals surface area (Å²) in [6, 6.07) is 16.0. The van der Waals surface area contributed by atoms with E-state index in [0.29, 0.717) is 6.04 Å². The van der Waals surface area contributed by atoms with Gasteiger partial charge in [-0.05, 0) is 54.6 Å². The summed E-state index contributed by atoms with van der Waals surface area (Å²) in [5, 5.41) is 3.54. The van der Waals surface area contributed by atoms with Crippen molar-refractivity contribution in [3.8, 4) is 11.3 Å². The second-order valence-electron chi connectivity index (χ2n) is 6.62. The zero-order chi connectivity index (χ0) is 17.1. The zero-order valence-corrected chi connectivity index (χ0v) is 14.2. The molecule has 0 radical (unpaired) electrons. The van der Waals surface area contributed by atoms with Crippen molar-refractivity contribution in [3.05, 3.63) is 78.0 Å². The van der Waals surface area contributed by atoms with E-state index in [1.165, 1.54) is 36.1 Å². The van der Waals surface area contributed by atoms with E-state index in [2.05, 4.69) is 39.1 Å². The molecule has 2 aromatic carbocycles. The molecule has 1 fully saturated rings. The lowest BCUT2D eigenvalue weighted by Crippen LogP contribution is -2.12. The highest BCUT2D eigenvalue weighted by Gasteiger charge is 2.16. The van der Waals surface area contributed by atoms with E-state index in [1.54, 1.807) is 0 Å². The number of aromatic nitrogens is 2. The molecular formula is C21H22FN3. The smallest absolute Gasteiger partial charge is 0.123 e. The molecule has 3 nitrogen and oxygen atoms in total. The predicted molar refractivity (Wildman–Crippen MR) is 97.7 cm³/mol. The van der Waals surface area contributed by atoms with Crippen molar-refractivity contribution in [2.24, 2.45) is 0 Å². The van der Waals surface area contributed by atoms with Gasteiger partial charge in [-0.3, -0.25) is 0 Å². The lowest BCUT2D eigenvalue weighted by Gasteiger charge is -2.12. The number of halogens is 1. The van der Waals surface area contributed by atoms with Crippen LogP contribution in [0.1, 0.15) is 30.0 Å². The van der Waals surface area contributed by atoms with Gasteiger partial charge in [0.25, 0.3) is 0 Å². The molecule has 1 saturated heterocycles. The molecule has 1 atom stereocenters. The van der Waals surface area contributed by atoms with Gasteiger partial charge in [-0.15, -0.1) is 0 Å². The Morgan fingerprint density at radius 1 is 1.08 bits per heavy atom. The van der Waals surface area contributed by atoms with Crippen LogP contribution in [-0.2, 0) is 13.0 Å². The number of hydrogen-bond donors (Lipinski definition) is 1. The number of imidazole rings is 1. The van der Waals surface area contributed by atoms with Gasteiger partial charge in [0.15, 0.2) is 0 Å². The molecule has 0 aliphatic carbocycles. The van der Waals surface area contributed by atoms with Crippen molar-refractivity contribution in [2.45, 2.75) is 31.8 Å². The molecule has 0 amide bonds. The first-order chi connectivity index (χ1) is 12.3. The Morgan fingerprint density at radius 2 is 1.88 bits per heavy atom. The van der Waals surface area contributed by atoms with E-state index in [-0.39, 0.29) is 5.82 Å². The molecule has 128 valence electrons. The minimum Gasteiger partial charge on any atom is -0.330 e. The van der Waals surface area contributed by atoms with Gasteiger partial charge in [-0.2, -0.15) is 0 Å². The predicted octanol–water partition coefficient (Wildman–Crippen LogP) is 4.36. The number of benzene rings is 2. The molecule has 0 saturated carbocycles. The van der Waals surface area contributed by atoms with Crippen LogP contribution in [0.5, 0.6) is 0 Å². The molecule has 4 rings (SSSR count). The second kappa shape index (κ2) is 7.19. The first kappa shape index (κ1) is 16.0. The summed E-state index contributed by atoms with van der Waals surface area (Å²) in [5.41, 5.74) is 4.79. The van der Waals surface area contributed by atoms with Crippen LogP contribution in [0.25, 0.3) is 11.3 Å². The molecule has 1 N–H and O–H groups in total. The minimum atomic E-state index is -0.191. The van der Waals surface area contributed by atoms with Gasteiger partial charge >= 0.3 is 0 Å². The van der Waals surface area contributed by atoms with Crippen molar-refractivity contribution < 1.29 is 4.39 Å². The normalized spacial score (nSPS) is 17.1. The quantitative estimate of drug-likeness (QED) is 0.751. The van der Waals surface area contributed by atoms with Crippen LogP contribution in [0.15, 0.2) is 61.1 Å². The van der Waals surface area contributed by atoms with Crippen LogP contribution >= 0.6 is 0 Å². The maximum absolute atomic E-state index is 13.0. The second-order valence-corrected chi connectivity index (χ2v) is 6.62. The van der Waals surface area contributed by atoms with E-state index in [0.717, 1.165) is 30.8 Å². The molecule has 0 spiro atoms. The molecule has 4 heteroatoms. The van der Waals surface area contributed by atoms with E-state index < -0.39 is 0 Å².